The molecule has 6 heteroatoms. The standard InChI is InChI=1S/C19H21N5O/c1-2-4-15-10-17(9-14(15)3-1)24-18(11-23-7-6-20-13-23)21-19(22-24)16-5-8-25-12-16/h1-4,6-7,13,16-17H,5,8-12H2/t16-/m1/s1. The van der Waals surface area contributed by atoms with Crippen LogP contribution in [0.25, 0.3) is 0 Å². The lowest BCUT2D eigenvalue weighted by Crippen LogP contribution is -2.16. The molecule has 25 heavy (non-hydrogen) atoms. The highest BCUT2D eigenvalue weighted by atomic mass is 16.5. The summed E-state index contributed by atoms with van der Waals surface area (Å²) in [4.78, 5) is 9.05. The molecule has 2 aromatic heterocycles. The van der Waals surface area contributed by atoms with Gasteiger partial charge in [-0.15, -0.1) is 0 Å². The zero-order valence-electron chi connectivity index (χ0n) is 14.1. The third-order valence-corrected chi connectivity index (χ3v) is 5.27. The van der Waals surface area contributed by atoms with Crippen molar-refractivity contribution in [3.05, 3.63) is 65.8 Å². The van der Waals surface area contributed by atoms with Gasteiger partial charge >= 0.3 is 0 Å². The fraction of sp³-hybridized carbons (Fsp3) is 0.421. The molecule has 0 saturated carbocycles. The van der Waals surface area contributed by atoms with E-state index < -0.39 is 0 Å². The minimum Gasteiger partial charge on any atom is -0.381 e. The van der Waals surface area contributed by atoms with Crippen molar-refractivity contribution < 1.29 is 4.74 Å². The fourth-order valence-electron chi connectivity index (χ4n) is 3.94. The van der Waals surface area contributed by atoms with Crippen LogP contribution in [0, 0.1) is 0 Å². The Morgan fingerprint density at radius 2 is 2.00 bits per heavy atom. The van der Waals surface area contributed by atoms with Gasteiger partial charge in [-0.05, 0) is 30.4 Å². The summed E-state index contributed by atoms with van der Waals surface area (Å²) in [7, 11) is 0. The largest absolute Gasteiger partial charge is 0.381 e. The summed E-state index contributed by atoms with van der Waals surface area (Å²) in [6, 6.07) is 9.05. The number of fused-ring (bicyclic) bond motifs is 1. The van der Waals surface area contributed by atoms with Crippen LogP contribution in [0.2, 0.25) is 0 Å². The van der Waals surface area contributed by atoms with Gasteiger partial charge in [0.05, 0.1) is 25.5 Å². The Morgan fingerprint density at radius 1 is 1.16 bits per heavy atom. The van der Waals surface area contributed by atoms with Crippen LogP contribution < -0.4 is 0 Å². The van der Waals surface area contributed by atoms with Crippen molar-refractivity contribution in [3.8, 4) is 0 Å². The van der Waals surface area contributed by atoms with Crippen LogP contribution in [0.4, 0.5) is 0 Å². The highest BCUT2D eigenvalue weighted by Crippen LogP contribution is 2.31. The Balaban J connectivity index is 1.48. The molecule has 0 N–H and O–H groups in total. The second-order valence-corrected chi connectivity index (χ2v) is 6.96. The minimum atomic E-state index is 0.326. The van der Waals surface area contributed by atoms with E-state index in [1.165, 1.54) is 11.1 Å². The number of imidazole rings is 1. The highest BCUT2D eigenvalue weighted by Gasteiger charge is 2.29. The first-order chi connectivity index (χ1) is 12.4. The van der Waals surface area contributed by atoms with Crippen molar-refractivity contribution in [2.45, 2.75) is 37.8 Å². The maximum atomic E-state index is 5.54. The monoisotopic (exact) mass is 335 g/mol. The molecule has 5 rings (SSSR count). The van der Waals surface area contributed by atoms with Gasteiger partial charge in [0.1, 0.15) is 5.82 Å². The molecule has 2 aliphatic rings. The Hall–Kier alpha value is -2.47. The van der Waals surface area contributed by atoms with Crippen LogP contribution in [0.5, 0.6) is 0 Å². The molecule has 1 atom stereocenters. The molecule has 1 aliphatic heterocycles. The Kier molecular flexibility index (Phi) is 3.63. The zero-order valence-corrected chi connectivity index (χ0v) is 14.1. The van der Waals surface area contributed by atoms with Gasteiger partial charge in [0, 0.05) is 24.9 Å². The number of rotatable bonds is 4. The predicted molar refractivity (Wildman–Crippen MR) is 92.4 cm³/mol. The number of benzene rings is 1. The van der Waals surface area contributed by atoms with Gasteiger partial charge in [0.2, 0.25) is 0 Å². The Bertz CT molecular complexity index is 839. The summed E-state index contributed by atoms with van der Waals surface area (Å²) in [5.41, 5.74) is 2.87. The molecule has 0 bridgehead atoms. The molecule has 0 amide bonds. The SMILES string of the molecule is c1ccc2c(c1)CC(n1nc([C@@H]3CCOC3)nc1Cn1ccnc1)C2. The van der Waals surface area contributed by atoms with Crippen molar-refractivity contribution in [2.24, 2.45) is 0 Å². The first-order valence-corrected chi connectivity index (χ1v) is 8.92. The molecule has 128 valence electrons. The normalized spacial score (nSPS) is 20.2. The summed E-state index contributed by atoms with van der Waals surface area (Å²) in [5.74, 6) is 2.27. The van der Waals surface area contributed by atoms with Crippen molar-refractivity contribution >= 4 is 0 Å². The predicted octanol–water partition coefficient (Wildman–Crippen LogP) is 2.37. The summed E-state index contributed by atoms with van der Waals surface area (Å²) >= 11 is 0. The average molecular weight is 335 g/mol. The molecule has 3 heterocycles. The van der Waals surface area contributed by atoms with Gasteiger partial charge < -0.3 is 9.30 Å². The second-order valence-electron chi connectivity index (χ2n) is 6.96. The van der Waals surface area contributed by atoms with Gasteiger partial charge in [-0.2, -0.15) is 5.10 Å². The van der Waals surface area contributed by atoms with E-state index >= 15 is 0 Å². The molecule has 1 saturated heterocycles. The number of hydrogen-bond donors (Lipinski definition) is 0. The smallest absolute Gasteiger partial charge is 0.156 e. The number of hydrogen-bond acceptors (Lipinski definition) is 4. The number of nitrogens with zero attached hydrogens (tertiary/aromatic N) is 5. The highest BCUT2D eigenvalue weighted by molar-refractivity contribution is 5.33. The quantitative estimate of drug-likeness (QED) is 0.734. The van der Waals surface area contributed by atoms with E-state index in [0.717, 1.165) is 44.1 Å². The molecule has 0 spiro atoms. The van der Waals surface area contributed by atoms with Crippen molar-refractivity contribution in [1.82, 2.24) is 24.3 Å². The molecule has 1 aliphatic carbocycles. The van der Waals surface area contributed by atoms with Gasteiger partial charge in [0.25, 0.3) is 0 Å². The van der Waals surface area contributed by atoms with Crippen LogP contribution in [0.15, 0.2) is 43.0 Å². The van der Waals surface area contributed by atoms with Crippen molar-refractivity contribution in [3.63, 3.8) is 0 Å². The fourth-order valence-corrected chi connectivity index (χ4v) is 3.94. The second kappa shape index (κ2) is 6.11. The Labute approximate surface area is 146 Å². The average Bonchev–Trinajstić information content (AvgIpc) is 3.41. The summed E-state index contributed by atoms with van der Waals surface area (Å²) < 4.78 is 9.75. The van der Waals surface area contributed by atoms with Crippen LogP contribution in [-0.2, 0) is 24.1 Å². The van der Waals surface area contributed by atoms with Crippen molar-refractivity contribution in [2.75, 3.05) is 13.2 Å². The van der Waals surface area contributed by atoms with Crippen LogP contribution in [0.1, 0.15) is 41.2 Å². The van der Waals surface area contributed by atoms with E-state index in [0.29, 0.717) is 18.5 Å². The lowest BCUT2D eigenvalue weighted by atomic mass is 10.1. The minimum absolute atomic E-state index is 0.326. The molecule has 3 aromatic rings. The van der Waals surface area contributed by atoms with Crippen LogP contribution in [0.3, 0.4) is 0 Å². The summed E-state index contributed by atoms with van der Waals surface area (Å²) in [6.07, 6.45) is 8.67. The van der Waals surface area contributed by atoms with Gasteiger partial charge in [-0.25, -0.2) is 14.6 Å². The molecule has 1 aromatic carbocycles. The number of ether oxygens (including phenoxy) is 1. The van der Waals surface area contributed by atoms with Crippen molar-refractivity contribution in [1.29, 1.82) is 0 Å². The van der Waals surface area contributed by atoms with E-state index in [-0.39, 0.29) is 0 Å². The maximum absolute atomic E-state index is 5.54. The first-order valence-electron chi connectivity index (χ1n) is 8.92. The first kappa shape index (κ1) is 14.8. The zero-order chi connectivity index (χ0) is 16.6. The third-order valence-electron chi connectivity index (χ3n) is 5.27. The number of aromatic nitrogens is 5. The van der Waals surface area contributed by atoms with Gasteiger partial charge in [-0.3, -0.25) is 0 Å². The molecule has 1 fully saturated rings. The molecular weight excluding hydrogens is 314 g/mol. The summed E-state index contributed by atoms with van der Waals surface area (Å²) in [6.45, 7) is 2.25. The summed E-state index contributed by atoms with van der Waals surface area (Å²) in [5, 5.41) is 4.93. The van der Waals surface area contributed by atoms with E-state index in [9.17, 15) is 0 Å². The van der Waals surface area contributed by atoms with E-state index in [1.807, 2.05) is 12.5 Å². The maximum Gasteiger partial charge on any atom is 0.156 e. The van der Waals surface area contributed by atoms with Gasteiger partial charge in [0.15, 0.2) is 5.82 Å². The Morgan fingerprint density at radius 3 is 2.68 bits per heavy atom. The van der Waals surface area contributed by atoms with E-state index in [2.05, 4.69) is 38.5 Å². The molecular formula is C19H21N5O. The lowest BCUT2D eigenvalue weighted by Gasteiger charge is -2.13. The third kappa shape index (κ3) is 2.76. The van der Waals surface area contributed by atoms with E-state index in [4.69, 9.17) is 14.8 Å². The topological polar surface area (TPSA) is 57.8 Å². The van der Waals surface area contributed by atoms with E-state index in [1.54, 1.807) is 6.20 Å². The molecule has 0 unspecified atom stereocenters. The van der Waals surface area contributed by atoms with Crippen LogP contribution >= 0.6 is 0 Å². The lowest BCUT2D eigenvalue weighted by molar-refractivity contribution is 0.193. The van der Waals surface area contributed by atoms with Gasteiger partial charge in [-0.1, -0.05) is 24.3 Å². The molecule has 0 radical (unpaired) electrons. The van der Waals surface area contributed by atoms with Crippen LogP contribution in [-0.4, -0.2) is 37.5 Å². The molecule has 6 nitrogen and oxygen atoms in total.